The minimum atomic E-state index is -1.32. The molecule has 0 aromatic rings. The van der Waals surface area contributed by atoms with Crippen molar-refractivity contribution in [3.8, 4) is 0 Å². The minimum absolute atomic E-state index is 0.0451. The summed E-state index contributed by atoms with van der Waals surface area (Å²) in [7, 11) is 0. The van der Waals surface area contributed by atoms with Crippen LogP contribution in [-0.2, 0) is 4.79 Å². The van der Waals surface area contributed by atoms with Crippen LogP contribution < -0.4 is 0 Å². The average molecular weight is 146 g/mol. The summed E-state index contributed by atoms with van der Waals surface area (Å²) in [5.41, 5.74) is -2.55. The number of aliphatic hydroxyl groups is 2. The van der Waals surface area contributed by atoms with Crippen LogP contribution in [0.4, 0.5) is 0 Å². The van der Waals surface area contributed by atoms with Gasteiger partial charge >= 0.3 is 0 Å². The highest BCUT2D eigenvalue weighted by Crippen LogP contribution is 2.23. The van der Waals surface area contributed by atoms with Crippen molar-refractivity contribution in [3.05, 3.63) is 0 Å². The van der Waals surface area contributed by atoms with E-state index < -0.39 is 11.2 Å². The first-order valence-corrected chi connectivity index (χ1v) is 3.19. The van der Waals surface area contributed by atoms with Gasteiger partial charge in [-0.3, -0.25) is 0 Å². The van der Waals surface area contributed by atoms with Crippen molar-refractivity contribution in [3.63, 3.8) is 0 Å². The number of carbonyl (C=O) groups excluding carboxylic acids is 1. The zero-order chi connectivity index (χ0) is 8.41. The molecule has 0 aliphatic heterocycles. The van der Waals surface area contributed by atoms with Crippen LogP contribution in [0.3, 0.4) is 0 Å². The Morgan fingerprint density at radius 3 is 1.80 bits per heavy atom. The number of aldehydes is 1. The lowest BCUT2D eigenvalue weighted by Gasteiger charge is -2.33. The molecular formula is C7H14O3. The molecule has 1 atom stereocenters. The molecule has 0 bridgehead atoms. The van der Waals surface area contributed by atoms with Gasteiger partial charge in [-0.05, 0) is 20.8 Å². The molecule has 0 fully saturated rings. The molecule has 0 amide bonds. The lowest BCUT2D eigenvalue weighted by molar-refractivity contribution is -0.136. The Kier molecular flexibility index (Phi) is 2.57. The molecule has 0 aromatic carbocycles. The number of hydrogen-bond acceptors (Lipinski definition) is 3. The minimum Gasteiger partial charge on any atom is -0.387 e. The quantitative estimate of drug-likeness (QED) is 0.555. The lowest BCUT2D eigenvalue weighted by atomic mass is 9.85. The Labute approximate surface area is 60.7 Å². The fourth-order valence-electron chi connectivity index (χ4n) is 0.412. The fraction of sp³-hybridized carbons (Fsp3) is 0.857. The van der Waals surface area contributed by atoms with E-state index in [9.17, 15) is 15.0 Å². The first-order valence-electron chi connectivity index (χ1n) is 3.19. The summed E-state index contributed by atoms with van der Waals surface area (Å²) in [5.74, 6) is 0. The third-order valence-electron chi connectivity index (χ3n) is 1.80. The van der Waals surface area contributed by atoms with E-state index >= 15 is 0 Å². The summed E-state index contributed by atoms with van der Waals surface area (Å²) < 4.78 is 0. The second-order valence-electron chi connectivity index (χ2n) is 3.20. The van der Waals surface area contributed by atoms with Gasteiger partial charge in [-0.15, -0.1) is 0 Å². The third-order valence-corrected chi connectivity index (χ3v) is 1.80. The Morgan fingerprint density at radius 2 is 1.70 bits per heavy atom. The van der Waals surface area contributed by atoms with E-state index in [1.807, 2.05) is 0 Å². The molecule has 1 unspecified atom stereocenters. The lowest BCUT2D eigenvalue weighted by Crippen LogP contribution is -2.47. The molecule has 0 spiro atoms. The zero-order valence-corrected chi connectivity index (χ0v) is 6.59. The predicted molar refractivity (Wildman–Crippen MR) is 37.6 cm³/mol. The number of rotatable bonds is 3. The van der Waals surface area contributed by atoms with Gasteiger partial charge in [0, 0.05) is 6.42 Å². The smallest absolute Gasteiger partial charge is 0.122 e. The monoisotopic (exact) mass is 146 g/mol. The van der Waals surface area contributed by atoms with Crippen LogP contribution in [0, 0.1) is 0 Å². The predicted octanol–water partition coefficient (Wildman–Crippen LogP) is 0.0973. The van der Waals surface area contributed by atoms with Crippen molar-refractivity contribution in [2.45, 2.75) is 38.4 Å². The van der Waals surface area contributed by atoms with Gasteiger partial charge in [0.05, 0.1) is 11.2 Å². The van der Waals surface area contributed by atoms with Crippen LogP contribution in [0.2, 0.25) is 0 Å². The fourth-order valence-corrected chi connectivity index (χ4v) is 0.412. The van der Waals surface area contributed by atoms with Crippen molar-refractivity contribution in [1.82, 2.24) is 0 Å². The molecule has 2 N–H and O–H groups in total. The molecule has 0 saturated carbocycles. The molecule has 3 nitrogen and oxygen atoms in total. The second kappa shape index (κ2) is 2.68. The summed E-state index contributed by atoms with van der Waals surface area (Å²) in [6.07, 6.45) is 0.550. The maximum Gasteiger partial charge on any atom is 0.122 e. The van der Waals surface area contributed by atoms with E-state index in [1.54, 1.807) is 0 Å². The Balaban J connectivity index is 4.23. The molecule has 0 rings (SSSR count). The van der Waals surface area contributed by atoms with E-state index in [1.165, 1.54) is 20.8 Å². The molecule has 0 aliphatic carbocycles. The van der Waals surface area contributed by atoms with Gasteiger partial charge < -0.3 is 15.0 Å². The van der Waals surface area contributed by atoms with Gasteiger partial charge in [0.25, 0.3) is 0 Å². The Morgan fingerprint density at radius 1 is 1.30 bits per heavy atom. The molecule has 0 aliphatic rings. The van der Waals surface area contributed by atoms with Crippen LogP contribution >= 0.6 is 0 Å². The third kappa shape index (κ3) is 2.08. The molecular weight excluding hydrogens is 132 g/mol. The van der Waals surface area contributed by atoms with Gasteiger partial charge in [0.2, 0.25) is 0 Å². The molecule has 10 heavy (non-hydrogen) atoms. The van der Waals surface area contributed by atoms with E-state index in [2.05, 4.69) is 0 Å². The van der Waals surface area contributed by atoms with Crippen LogP contribution in [0.5, 0.6) is 0 Å². The molecule has 60 valence electrons. The van der Waals surface area contributed by atoms with Gasteiger partial charge in [0.15, 0.2) is 0 Å². The number of carbonyl (C=O) groups is 1. The highest BCUT2D eigenvalue weighted by molar-refractivity contribution is 5.51. The summed E-state index contributed by atoms with van der Waals surface area (Å²) in [5, 5.41) is 18.6. The standard InChI is InChI=1S/C7H14O3/c1-6(2,9)7(3,10)4-5-8/h5,9-10H,4H2,1-3H3. The summed E-state index contributed by atoms with van der Waals surface area (Å²) in [4.78, 5) is 10.00. The maximum atomic E-state index is 10.00. The Bertz CT molecular complexity index is 121. The average Bonchev–Trinajstić information content (AvgIpc) is 1.61. The van der Waals surface area contributed by atoms with Crippen LogP contribution in [0.1, 0.15) is 27.2 Å². The maximum absolute atomic E-state index is 10.00. The molecule has 0 saturated heterocycles. The van der Waals surface area contributed by atoms with E-state index in [4.69, 9.17) is 0 Å². The summed E-state index contributed by atoms with van der Waals surface area (Å²) in [6, 6.07) is 0. The van der Waals surface area contributed by atoms with Crippen LogP contribution in [0.25, 0.3) is 0 Å². The SMILES string of the molecule is CC(C)(O)C(C)(O)CC=O. The van der Waals surface area contributed by atoms with Crippen LogP contribution in [-0.4, -0.2) is 27.7 Å². The molecule has 0 radical (unpaired) electrons. The summed E-state index contributed by atoms with van der Waals surface area (Å²) in [6.45, 7) is 4.37. The van der Waals surface area contributed by atoms with Crippen molar-refractivity contribution < 1.29 is 15.0 Å². The van der Waals surface area contributed by atoms with E-state index in [-0.39, 0.29) is 6.42 Å². The molecule has 0 heterocycles. The second-order valence-corrected chi connectivity index (χ2v) is 3.20. The van der Waals surface area contributed by atoms with Crippen molar-refractivity contribution >= 4 is 6.29 Å². The first-order chi connectivity index (χ1) is 4.31. The summed E-state index contributed by atoms with van der Waals surface area (Å²) >= 11 is 0. The molecule has 3 heteroatoms. The normalized spacial score (nSPS) is 18.1. The topological polar surface area (TPSA) is 57.5 Å². The molecule has 0 aromatic heterocycles. The highest BCUT2D eigenvalue weighted by atomic mass is 16.4. The van der Waals surface area contributed by atoms with E-state index in [0.29, 0.717) is 6.29 Å². The van der Waals surface area contributed by atoms with Crippen molar-refractivity contribution in [2.75, 3.05) is 0 Å². The largest absolute Gasteiger partial charge is 0.387 e. The van der Waals surface area contributed by atoms with Gasteiger partial charge in [-0.1, -0.05) is 0 Å². The number of hydrogen-bond donors (Lipinski definition) is 2. The van der Waals surface area contributed by atoms with Gasteiger partial charge in [0.1, 0.15) is 6.29 Å². The Hall–Kier alpha value is -0.410. The van der Waals surface area contributed by atoms with Gasteiger partial charge in [-0.2, -0.15) is 0 Å². The van der Waals surface area contributed by atoms with Gasteiger partial charge in [-0.25, -0.2) is 0 Å². The van der Waals surface area contributed by atoms with Crippen LogP contribution in [0.15, 0.2) is 0 Å². The van der Waals surface area contributed by atoms with Crippen molar-refractivity contribution in [2.24, 2.45) is 0 Å². The van der Waals surface area contributed by atoms with Crippen molar-refractivity contribution in [1.29, 1.82) is 0 Å². The highest BCUT2D eigenvalue weighted by Gasteiger charge is 2.36. The zero-order valence-electron chi connectivity index (χ0n) is 6.59. The van der Waals surface area contributed by atoms with E-state index in [0.717, 1.165) is 0 Å². The first kappa shape index (κ1) is 9.59.